The van der Waals surface area contributed by atoms with Gasteiger partial charge in [0.1, 0.15) is 5.52 Å². The van der Waals surface area contributed by atoms with Gasteiger partial charge in [0.15, 0.2) is 11.5 Å². The number of anilines is 1. The second kappa shape index (κ2) is 6.11. The number of benzene rings is 2. The van der Waals surface area contributed by atoms with Crippen molar-refractivity contribution in [2.75, 3.05) is 11.9 Å². The number of hydrogen-bond donors (Lipinski definition) is 1. The molecule has 1 N–H and O–H groups in total. The minimum atomic E-state index is -0.364. The van der Waals surface area contributed by atoms with Gasteiger partial charge in [-0.25, -0.2) is 4.98 Å². The first kappa shape index (κ1) is 16.0. The average Bonchev–Trinajstić information content (AvgIpc) is 3.11. The van der Waals surface area contributed by atoms with Crippen LogP contribution in [0.1, 0.15) is 33.0 Å². The third-order valence-electron chi connectivity index (χ3n) is 4.22. The lowest BCUT2D eigenvalue weighted by atomic mass is 10.1. The average molecular weight is 349 g/mol. The molecule has 0 bridgehead atoms. The van der Waals surface area contributed by atoms with Crippen LogP contribution < -0.4 is 5.32 Å². The van der Waals surface area contributed by atoms with Crippen molar-refractivity contribution in [2.24, 2.45) is 0 Å². The standard InChI is InChI=1S/C19H15N3O4/c1-11-20-15-7-6-12(10-16(15)26-11)21-17(23)8-9-22-18(24)13-4-2-3-5-14(13)19(22)25/h2-7,10H,8-9H2,1H3,(H,21,23). The Morgan fingerprint density at radius 1 is 1.12 bits per heavy atom. The van der Waals surface area contributed by atoms with Crippen LogP contribution in [0.25, 0.3) is 11.1 Å². The molecule has 26 heavy (non-hydrogen) atoms. The number of carbonyl (C=O) groups excluding carboxylic acids is 3. The van der Waals surface area contributed by atoms with Crippen molar-refractivity contribution in [3.8, 4) is 0 Å². The summed E-state index contributed by atoms with van der Waals surface area (Å²) >= 11 is 0. The van der Waals surface area contributed by atoms with E-state index >= 15 is 0 Å². The van der Waals surface area contributed by atoms with Crippen LogP contribution in [0.15, 0.2) is 46.9 Å². The van der Waals surface area contributed by atoms with Crippen LogP contribution in [0.5, 0.6) is 0 Å². The van der Waals surface area contributed by atoms with E-state index in [9.17, 15) is 14.4 Å². The van der Waals surface area contributed by atoms with Gasteiger partial charge in [0, 0.05) is 31.6 Å². The Balaban J connectivity index is 1.41. The maximum absolute atomic E-state index is 12.3. The van der Waals surface area contributed by atoms with Crippen molar-refractivity contribution in [3.05, 3.63) is 59.5 Å². The molecule has 130 valence electrons. The van der Waals surface area contributed by atoms with Crippen molar-refractivity contribution in [3.63, 3.8) is 0 Å². The zero-order valence-corrected chi connectivity index (χ0v) is 14.0. The molecule has 0 fully saturated rings. The number of amides is 3. The molecule has 4 rings (SSSR count). The SMILES string of the molecule is Cc1nc2ccc(NC(=O)CCN3C(=O)c4ccccc4C3=O)cc2o1. The molecule has 2 aromatic carbocycles. The molecule has 0 radical (unpaired) electrons. The van der Waals surface area contributed by atoms with Gasteiger partial charge in [0.2, 0.25) is 5.91 Å². The van der Waals surface area contributed by atoms with Crippen molar-refractivity contribution >= 4 is 34.5 Å². The number of nitrogens with one attached hydrogen (secondary N) is 1. The molecule has 0 unspecified atom stereocenters. The molecular formula is C19H15N3O4. The largest absolute Gasteiger partial charge is 0.441 e. The fourth-order valence-corrected chi connectivity index (χ4v) is 3.00. The summed E-state index contributed by atoms with van der Waals surface area (Å²) in [6, 6.07) is 11.8. The van der Waals surface area contributed by atoms with Gasteiger partial charge in [-0.2, -0.15) is 0 Å². The molecule has 7 nitrogen and oxygen atoms in total. The highest BCUT2D eigenvalue weighted by Crippen LogP contribution is 2.23. The molecule has 3 aromatic rings. The first-order valence-electron chi connectivity index (χ1n) is 8.15. The maximum atomic E-state index is 12.3. The molecule has 1 aliphatic rings. The highest BCUT2D eigenvalue weighted by Gasteiger charge is 2.34. The number of carbonyl (C=O) groups is 3. The lowest BCUT2D eigenvalue weighted by Gasteiger charge is -2.13. The number of hydrogen-bond acceptors (Lipinski definition) is 5. The molecule has 0 atom stereocenters. The van der Waals surface area contributed by atoms with Crippen LogP contribution in [-0.4, -0.2) is 34.2 Å². The summed E-state index contributed by atoms with van der Waals surface area (Å²) in [5.74, 6) is -0.472. The Bertz CT molecular complexity index is 1020. The Kier molecular flexibility index (Phi) is 3.76. The zero-order valence-electron chi connectivity index (χ0n) is 14.0. The van der Waals surface area contributed by atoms with Crippen LogP contribution >= 0.6 is 0 Å². The lowest BCUT2D eigenvalue weighted by molar-refractivity contribution is -0.116. The lowest BCUT2D eigenvalue weighted by Crippen LogP contribution is -2.32. The number of fused-ring (bicyclic) bond motifs is 2. The third kappa shape index (κ3) is 2.73. The third-order valence-corrected chi connectivity index (χ3v) is 4.22. The molecule has 1 aromatic heterocycles. The van der Waals surface area contributed by atoms with Gasteiger partial charge in [-0.1, -0.05) is 12.1 Å². The summed E-state index contributed by atoms with van der Waals surface area (Å²) < 4.78 is 5.44. The van der Waals surface area contributed by atoms with Crippen LogP contribution in [0.3, 0.4) is 0 Å². The number of rotatable bonds is 4. The van der Waals surface area contributed by atoms with Gasteiger partial charge >= 0.3 is 0 Å². The minimum Gasteiger partial charge on any atom is -0.441 e. The second-order valence-corrected chi connectivity index (χ2v) is 6.02. The van der Waals surface area contributed by atoms with Gasteiger partial charge in [0.25, 0.3) is 11.8 Å². The zero-order chi connectivity index (χ0) is 18.3. The molecule has 1 aliphatic heterocycles. The molecule has 0 saturated heterocycles. The van der Waals surface area contributed by atoms with Gasteiger partial charge in [-0.15, -0.1) is 0 Å². The van der Waals surface area contributed by atoms with Gasteiger partial charge in [-0.3, -0.25) is 19.3 Å². The van der Waals surface area contributed by atoms with Crippen LogP contribution in [0, 0.1) is 6.92 Å². The number of aromatic nitrogens is 1. The van der Waals surface area contributed by atoms with E-state index in [1.165, 1.54) is 0 Å². The Hall–Kier alpha value is -3.48. The summed E-state index contributed by atoms with van der Waals surface area (Å²) in [5, 5.41) is 2.74. The number of oxazole rings is 1. The van der Waals surface area contributed by atoms with E-state index in [0.717, 1.165) is 4.90 Å². The highest BCUT2D eigenvalue weighted by molar-refractivity contribution is 6.21. The van der Waals surface area contributed by atoms with Crippen LogP contribution in [0.2, 0.25) is 0 Å². The Morgan fingerprint density at radius 3 is 2.50 bits per heavy atom. The maximum Gasteiger partial charge on any atom is 0.261 e. The van der Waals surface area contributed by atoms with E-state index in [4.69, 9.17) is 4.42 Å². The molecule has 0 spiro atoms. The topological polar surface area (TPSA) is 92.5 Å². The Morgan fingerprint density at radius 2 is 1.81 bits per heavy atom. The number of aryl methyl sites for hydroxylation is 1. The smallest absolute Gasteiger partial charge is 0.261 e. The second-order valence-electron chi connectivity index (χ2n) is 6.02. The quantitative estimate of drug-likeness (QED) is 0.731. The van der Waals surface area contributed by atoms with Crippen molar-refractivity contribution in [1.29, 1.82) is 0 Å². The summed E-state index contributed by atoms with van der Waals surface area (Å²) in [5.41, 5.74) is 2.63. The molecule has 7 heteroatoms. The van der Waals surface area contributed by atoms with Gasteiger partial charge in [-0.05, 0) is 24.3 Å². The van der Waals surface area contributed by atoms with E-state index in [-0.39, 0.29) is 30.7 Å². The van der Waals surface area contributed by atoms with E-state index in [0.29, 0.717) is 33.8 Å². The summed E-state index contributed by atoms with van der Waals surface area (Å²) in [6.07, 6.45) is 0.0128. The summed E-state index contributed by atoms with van der Waals surface area (Å²) in [6.45, 7) is 1.78. The number of nitrogens with zero attached hydrogens (tertiary/aromatic N) is 2. The van der Waals surface area contributed by atoms with E-state index in [2.05, 4.69) is 10.3 Å². The Labute approximate surface area is 148 Å². The van der Waals surface area contributed by atoms with E-state index in [1.54, 1.807) is 49.4 Å². The first-order valence-corrected chi connectivity index (χ1v) is 8.15. The van der Waals surface area contributed by atoms with Gasteiger partial charge in [0.05, 0.1) is 11.1 Å². The predicted molar refractivity (Wildman–Crippen MR) is 93.8 cm³/mol. The minimum absolute atomic E-state index is 0.0128. The molecule has 0 saturated carbocycles. The molecule has 0 aliphatic carbocycles. The van der Waals surface area contributed by atoms with Crippen LogP contribution in [-0.2, 0) is 4.79 Å². The molecular weight excluding hydrogens is 334 g/mol. The molecule has 2 heterocycles. The first-order chi connectivity index (χ1) is 12.5. The predicted octanol–water partition coefficient (Wildman–Crippen LogP) is 2.76. The monoisotopic (exact) mass is 349 g/mol. The van der Waals surface area contributed by atoms with Crippen molar-refractivity contribution in [2.45, 2.75) is 13.3 Å². The number of imide groups is 1. The fraction of sp³-hybridized carbons (Fsp3) is 0.158. The summed E-state index contributed by atoms with van der Waals surface area (Å²) in [7, 11) is 0. The molecule has 3 amide bonds. The van der Waals surface area contributed by atoms with Crippen LogP contribution in [0.4, 0.5) is 5.69 Å². The van der Waals surface area contributed by atoms with Gasteiger partial charge < -0.3 is 9.73 Å². The van der Waals surface area contributed by atoms with E-state index < -0.39 is 0 Å². The summed E-state index contributed by atoms with van der Waals surface area (Å²) in [4.78, 5) is 42.1. The normalized spacial score (nSPS) is 13.3. The van der Waals surface area contributed by atoms with E-state index in [1.807, 2.05) is 0 Å². The highest BCUT2D eigenvalue weighted by atomic mass is 16.3. The van der Waals surface area contributed by atoms with Crippen molar-refractivity contribution < 1.29 is 18.8 Å². The fourth-order valence-electron chi connectivity index (χ4n) is 3.00. The van der Waals surface area contributed by atoms with Crippen molar-refractivity contribution in [1.82, 2.24) is 9.88 Å².